The molecule has 2 N–H and O–H groups in total. The molecule has 1 rings (SSSR count). The SMILES string of the molecule is O=C(O)c1cc(OS(=O)(=O)F)ccc1O. The van der Waals surface area contributed by atoms with E-state index in [-0.39, 0.29) is 0 Å². The van der Waals surface area contributed by atoms with Crippen LogP contribution in [0.2, 0.25) is 0 Å². The van der Waals surface area contributed by atoms with Crippen molar-refractivity contribution < 1.29 is 31.5 Å². The summed E-state index contributed by atoms with van der Waals surface area (Å²) in [6, 6.07) is 2.48. The van der Waals surface area contributed by atoms with E-state index < -0.39 is 33.5 Å². The van der Waals surface area contributed by atoms with E-state index in [4.69, 9.17) is 10.2 Å². The number of aromatic carboxylic acids is 1. The van der Waals surface area contributed by atoms with Gasteiger partial charge in [0.1, 0.15) is 17.1 Å². The van der Waals surface area contributed by atoms with Crippen molar-refractivity contribution in [1.29, 1.82) is 0 Å². The Kier molecular flexibility index (Phi) is 2.80. The maximum atomic E-state index is 12.0. The minimum absolute atomic E-state index is 0.535. The first-order chi connectivity index (χ1) is 6.79. The maximum absolute atomic E-state index is 12.0. The first-order valence-corrected chi connectivity index (χ1v) is 4.81. The normalized spacial score (nSPS) is 11.0. The average Bonchev–Trinajstić information content (AvgIpc) is 2.05. The van der Waals surface area contributed by atoms with Gasteiger partial charge in [-0.05, 0) is 12.1 Å². The van der Waals surface area contributed by atoms with E-state index in [1.165, 1.54) is 0 Å². The largest absolute Gasteiger partial charge is 0.507 e. The van der Waals surface area contributed by atoms with Crippen LogP contribution in [0, 0.1) is 0 Å². The molecule has 0 spiro atoms. The zero-order valence-corrected chi connectivity index (χ0v) is 7.86. The molecule has 0 saturated carbocycles. The zero-order chi connectivity index (χ0) is 11.6. The quantitative estimate of drug-likeness (QED) is 0.748. The number of hydrogen-bond donors (Lipinski definition) is 2. The molecule has 8 heteroatoms. The number of carboxylic acids is 1. The van der Waals surface area contributed by atoms with Gasteiger partial charge in [0.2, 0.25) is 0 Å². The molecular formula is C7H5FO6S. The molecule has 1 aromatic rings. The predicted octanol–water partition coefficient (Wildman–Crippen LogP) is 0.683. The van der Waals surface area contributed by atoms with E-state index >= 15 is 0 Å². The van der Waals surface area contributed by atoms with Gasteiger partial charge in [-0.1, -0.05) is 3.89 Å². The van der Waals surface area contributed by atoms with Crippen LogP contribution in [0.4, 0.5) is 3.89 Å². The van der Waals surface area contributed by atoms with Gasteiger partial charge in [0, 0.05) is 6.07 Å². The van der Waals surface area contributed by atoms with Crippen LogP contribution in [0.25, 0.3) is 0 Å². The summed E-state index contributed by atoms with van der Waals surface area (Å²) in [6.07, 6.45) is 0. The third-order valence-corrected chi connectivity index (χ3v) is 1.79. The lowest BCUT2D eigenvalue weighted by atomic mass is 10.2. The van der Waals surface area contributed by atoms with E-state index in [0.717, 1.165) is 12.1 Å². The van der Waals surface area contributed by atoms with Crippen molar-refractivity contribution in [2.24, 2.45) is 0 Å². The molecule has 0 atom stereocenters. The monoisotopic (exact) mass is 236 g/mol. The molecule has 0 unspecified atom stereocenters. The molecule has 0 radical (unpaired) electrons. The summed E-state index contributed by atoms with van der Waals surface area (Å²) in [7, 11) is -5.21. The first-order valence-electron chi connectivity index (χ1n) is 3.50. The summed E-state index contributed by atoms with van der Waals surface area (Å²) in [4.78, 5) is 10.5. The van der Waals surface area contributed by atoms with E-state index in [0.29, 0.717) is 6.07 Å². The Hall–Kier alpha value is -1.83. The van der Waals surface area contributed by atoms with Crippen LogP contribution in [0.3, 0.4) is 0 Å². The molecule has 0 aliphatic heterocycles. The van der Waals surface area contributed by atoms with Gasteiger partial charge >= 0.3 is 16.5 Å². The zero-order valence-electron chi connectivity index (χ0n) is 7.05. The van der Waals surface area contributed by atoms with Gasteiger partial charge in [-0.15, -0.1) is 0 Å². The molecular weight excluding hydrogens is 231 g/mol. The van der Waals surface area contributed by atoms with Crippen LogP contribution in [0.15, 0.2) is 18.2 Å². The number of carboxylic acid groups (broad SMARTS) is 1. The van der Waals surface area contributed by atoms with Crippen molar-refractivity contribution in [1.82, 2.24) is 0 Å². The van der Waals surface area contributed by atoms with Gasteiger partial charge in [0.05, 0.1) is 0 Å². The van der Waals surface area contributed by atoms with Gasteiger partial charge < -0.3 is 14.4 Å². The van der Waals surface area contributed by atoms with Crippen molar-refractivity contribution in [2.45, 2.75) is 0 Å². The Labute approximate surface area is 84.0 Å². The highest BCUT2D eigenvalue weighted by Gasteiger charge is 2.14. The van der Waals surface area contributed by atoms with Gasteiger partial charge in [0.15, 0.2) is 0 Å². The second-order valence-corrected chi connectivity index (χ2v) is 3.41. The first kappa shape index (κ1) is 11.2. The molecule has 0 bridgehead atoms. The van der Waals surface area contributed by atoms with E-state index in [9.17, 15) is 17.1 Å². The average molecular weight is 236 g/mol. The lowest BCUT2D eigenvalue weighted by Gasteiger charge is -2.02. The number of phenols is 1. The second-order valence-electron chi connectivity index (χ2n) is 2.46. The van der Waals surface area contributed by atoms with Gasteiger partial charge in [0.25, 0.3) is 0 Å². The highest BCUT2D eigenvalue weighted by atomic mass is 32.3. The van der Waals surface area contributed by atoms with Gasteiger partial charge in [-0.2, -0.15) is 8.42 Å². The molecule has 0 fully saturated rings. The number of carbonyl (C=O) groups is 1. The highest BCUT2D eigenvalue weighted by Crippen LogP contribution is 2.24. The fourth-order valence-corrected chi connectivity index (χ4v) is 1.19. The Balaban J connectivity index is 3.14. The lowest BCUT2D eigenvalue weighted by Crippen LogP contribution is -2.03. The van der Waals surface area contributed by atoms with Crippen LogP contribution >= 0.6 is 0 Å². The second kappa shape index (κ2) is 3.73. The van der Waals surface area contributed by atoms with Gasteiger partial charge in [-0.25, -0.2) is 4.79 Å². The topological polar surface area (TPSA) is 101 Å². The number of hydrogen-bond acceptors (Lipinski definition) is 5. The van der Waals surface area contributed by atoms with Crippen LogP contribution < -0.4 is 4.18 Å². The predicted molar refractivity (Wildman–Crippen MR) is 45.7 cm³/mol. The summed E-state index contributed by atoms with van der Waals surface area (Å²) < 4.78 is 36.0. The highest BCUT2D eigenvalue weighted by molar-refractivity contribution is 7.81. The fourth-order valence-electron chi connectivity index (χ4n) is 0.853. The molecule has 0 aromatic heterocycles. The molecule has 0 aliphatic rings. The van der Waals surface area contributed by atoms with Crippen LogP contribution in [-0.4, -0.2) is 24.6 Å². The Morgan fingerprint density at radius 3 is 2.47 bits per heavy atom. The lowest BCUT2D eigenvalue weighted by molar-refractivity contribution is 0.0693. The third kappa shape index (κ3) is 3.09. The summed E-state index contributed by atoms with van der Waals surface area (Å²) >= 11 is 0. The van der Waals surface area contributed by atoms with E-state index in [2.05, 4.69) is 4.18 Å². The summed E-state index contributed by atoms with van der Waals surface area (Å²) in [5, 5.41) is 17.6. The number of aromatic hydroxyl groups is 1. The third-order valence-electron chi connectivity index (χ3n) is 1.39. The number of benzene rings is 1. The number of rotatable bonds is 3. The maximum Gasteiger partial charge on any atom is 0.488 e. The van der Waals surface area contributed by atoms with E-state index in [1.54, 1.807) is 0 Å². The minimum atomic E-state index is -5.21. The standard InChI is InChI=1S/C7H5FO6S/c8-15(12,13)14-4-1-2-6(9)5(3-4)7(10)11/h1-3,9H,(H,10,11). The molecule has 0 heterocycles. The molecule has 15 heavy (non-hydrogen) atoms. The Bertz CT molecular complexity index is 494. The van der Waals surface area contributed by atoms with Crippen molar-refractivity contribution >= 4 is 16.5 Å². The fraction of sp³-hybridized carbons (Fsp3) is 0. The van der Waals surface area contributed by atoms with Crippen molar-refractivity contribution in [3.05, 3.63) is 23.8 Å². The molecule has 0 amide bonds. The Morgan fingerprint density at radius 1 is 1.40 bits per heavy atom. The number of halogens is 1. The van der Waals surface area contributed by atoms with Gasteiger partial charge in [-0.3, -0.25) is 0 Å². The van der Waals surface area contributed by atoms with Crippen molar-refractivity contribution in [3.63, 3.8) is 0 Å². The minimum Gasteiger partial charge on any atom is -0.507 e. The van der Waals surface area contributed by atoms with E-state index in [1.807, 2.05) is 0 Å². The summed E-state index contributed by atoms with van der Waals surface area (Å²) in [6.45, 7) is 0. The molecule has 6 nitrogen and oxygen atoms in total. The smallest absolute Gasteiger partial charge is 0.488 e. The summed E-state index contributed by atoms with van der Waals surface area (Å²) in [5.41, 5.74) is -0.587. The molecule has 82 valence electrons. The van der Waals surface area contributed by atoms with Crippen LogP contribution in [0.1, 0.15) is 10.4 Å². The van der Waals surface area contributed by atoms with Crippen molar-refractivity contribution in [3.8, 4) is 11.5 Å². The summed E-state index contributed by atoms with van der Waals surface area (Å²) in [5.74, 6) is -2.60. The molecule has 1 aromatic carbocycles. The molecule has 0 aliphatic carbocycles. The van der Waals surface area contributed by atoms with Crippen LogP contribution in [-0.2, 0) is 10.5 Å². The van der Waals surface area contributed by atoms with Crippen LogP contribution in [0.5, 0.6) is 11.5 Å². The van der Waals surface area contributed by atoms with Crippen molar-refractivity contribution in [2.75, 3.05) is 0 Å². The Morgan fingerprint density at radius 2 is 2.00 bits per heavy atom. The molecule has 0 saturated heterocycles.